The molecule has 0 aliphatic heterocycles. The number of hydrogen-bond donors (Lipinski definition) is 3. The van der Waals surface area contributed by atoms with Crippen molar-refractivity contribution in [3.8, 4) is 5.75 Å². The van der Waals surface area contributed by atoms with E-state index in [1.165, 1.54) is 0 Å². The molecule has 0 heterocycles. The Balaban J connectivity index is 2.20. The summed E-state index contributed by atoms with van der Waals surface area (Å²) in [7, 11) is 0. The Morgan fingerprint density at radius 3 is 2.48 bits per heavy atom. The van der Waals surface area contributed by atoms with Crippen LogP contribution < -0.4 is 5.32 Å². The highest BCUT2D eigenvalue weighted by atomic mass is 79.9. The van der Waals surface area contributed by atoms with E-state index in [1.54, 1.807) is 49.4 Å². The van der Waals surface area contributed by atoms with Crippen LogP contribution in [0.2, 0.25) is 0 Å². The van der Waals surface area contributed by atoms with E-state index < -0.39 is 24.1 Å². The van der Waals surface area contributed by atoms with Gasteiger partial charge in [0.2, 0.25) is 0 Å². The van der Waals surface area contributed by atoms with Gasteiger partial charge in [-0.2, -0.15) is 12.6 Å². The first kappa shape index (κ1) is 25.2. The third-order valence-corrected chi connectivity index (χ3v) is 5.65. The van der Waals surface area contributed by atoms with Crippen molar-refractivity contribution in [3.63, 3.8) is 0 Å². The number of phenols is 1. The van der Waals surface area contributed by atoms with Crippen LogP contribution in [0.1, 0.15) is 35.4 Å². The number of ether oxygens (including phenoxy) is 2. The largest absolute Gasteiger partial charge is 0.506 e. The lowest BCUT2D eigenvalue weighted by Crippen LogP contribution is -2.33. The molecule has 0 aliphatic rings. The monoisotopic (exact) mass is 573 g/mol. The number of halogens is 2. The molecule has 0 spiro atoms. The Hall–Kier alpha value is -2.04. The number of hydrogen-bond acceptors (Lipinski definition) is 7. The summed E-state index contributed by atoms with van der Waals surface area (Å²) in [5, 5.41) is 12.7. The zero-order chi connectivity index (χ0) is 23.0. The summed E-state index contributed by atoms with van der Waals surface area (Å²) in [6.45, 7) is 1.86. The smallest absolute Gasteiger partial charge is 0.414 e. The summed E-state index contributed by atoms with van der Waals surface area (Å²) in [5.74, 6) is -1.59. The molecule has 31 heavy (non-hydrogen) atoms. The molecule has 0 unspecified atom stereocenters. The van der Waals surface area contributed by atoms with Crippen LogP contribution in [0.25, 0.3) is 0 Å². The van der Waals surface area contributed by atoms with Gasteiger partial charge in [0.1, 0.15) is 11.9 Å². The van der Waals surface area contributed by atoms with Gasteiger partial charge in [-0.25, -0.2) is 4.79 Å². The van der Waals surface area contributed by atoms with Crippen molar-refractivity contribution in [2.45, 2.75) is 19.4 Å². The zero-order valence-corrected chi connectivity index (χ0v) is 20.6. The minimum Gasteiger partial charge on any atom is -0.506 e. The summed E-state index contributed by atoms with van der Waals surface area (Å²) in [5.41, 5.74) is 0.632. The average Bonchev–Trinajstić information content (AvgIpc) is 2.75. The molecule has 0 radical (unpaired) electrons. The molecule has 0 aliphatic carbocycles. The maximum Gasteiger partial charge on any atom is 0.414 e. The van der Waals surface area contributed by atoms with Gasteiger partial charge >= 0.3 is 12.1 Å². The molecule has 0 saturated heterocycles. The van der Waals surface area contributed by atoms with Gasteiger partial charge in [-0.3, -0.25) is 14.9 Å². The normalized spacial score (nSPS) is 12.5. The van der Waals surface area contributed by atoms with Crippen LogP contribution in [-0.4, -0.2) is 35.4 Å². The number of esters is 1. The molecular weight excluding hydrogens is 554 g/mol. The highest BCUT2D eigenvalue weighted by molar-refractivity contribution is 9.11. The fraction of sp³-hybridized carbons (Fsp3) is 0.286. The van der Waals surface area contributed by atoms with E-state index in [4.69, 9.17) is 9.47 Å². The second-order valence-electron chi connectivity index (χ2n) is 6.62. The lowest BCUT2D eigenvalue weighted by atomic mass is 9.94. The third-order valence-electron chi connectivity index (χ3n) is 4.33. The fourth-order valence-corrected chi connectivity index (χ4v) is 4.09. The van der Waals surface area contributed by atoms with Crippen LogP contribution in [0.15, 0.2) is 51.4 Å². The standard InChI is InChI=1S/C21H21Br2NO6S/c1-12(7-8-29-17(25)11-31)19(15-9-14(22)10-16(23)18(15)26)30-21(28)24-20(27)13-5-3-2-4-6-13/h2-6,9-10,12,19,26,31H,7-8,11H2,1H3,(H,24,27,28)/t12-,19+/m0/s1. The van der Waals surface area contributed by atoms with Crippen LogP contribution in [0.4, 0.5) is 4.79 Å². The summed E-state index contributed by atoms with van der Waals surface area (Å²) < 4.78 is 11.6. The van der Waals surface area contributed by atoms with E-state index >= 15 is 0 Å². The Morgan fingerprint density at radius 1 is 1.16 bits per heavy atom. The lowest BCUT2D eigenvalue weighted by molar-refractivity contribution is -0.141. The average molecular weight is 575 g/mol. The Bertz CT molecular complexity index is 941. The molecule has 0 fully saturated rings. The van der Waals surface area contributed by atoms with Crippen LogP contribution in [0.3, 0.4) is 0 Å². The number of benzene rings is 2. The van der Waals surface area contributed by atoms with Crippen molar-refractivity contribution in [1.82, 2.24) is 5.32 Å². The van der Waals surface area contributed by atoms with Crippen molar-refractivity contribution in [2.75, 3.05) is 12.4 Å². The minimum absolute atomic E-state index is 0.0440. The first-order chi connectivity index (χ1) is 14.7. The molecular formula is C21H21Br2NO6S. The molecule has 166 valence electrons. The first-order valence-corrected chi connectivity index (χ1v) is 11.5. The van der Waals surface area contributed by atoms with Gasteiger partial charge in [-0.05, 0) is 46.6 Å². The number of phenolic OH excluding ortho intramolecular Hbond substituents is 1. The molecule has 2 amide bonds. The topological polar surface area (TPSA) is 102 Å². The molecule has 2 N–H and O–H groups in total. The maximum absolute atomic E-state index is 12.5. The van der Waals surface area contributed by atoms with E-state index in [0.29, 0.717) is 26.5 Å². The van der Waals surface area contributed by atoms with Gasteiger partial charge in [0.05, 0.1) is 16.8 Å². The molecule has 0 aromatic heterocycles. The van der Waals surface area contributed by atoms with E-state index in [0.717, 1.165) is 0 Å². The molecule has 2 rings (SSSR count). The van der Waals surface area contributed by atoms with Gasteiger partial charge in [0, 0.05) is 21.5 Å². The number of rotatable bonds is 8. The third kappa shape index (κ3) is 7.55. The number of imide groups is 1. The molecule has 2 atom stereocenters. The van der Waals surface area contributed by atoms with Gasteiger partial charge in [-0.1, -0.05) is 41.1 Å². The summed E-state index contributed by atoms with van der Waals surface area (Å²) >= 11 is 10.5. The number of nitrogens with one attached hydrogen (secondary N) is 1. The van der Waals surface area contributed by atoms with E-state index in [9.17, 15) is 19.5 Å². The van der Waals surface area contributed by atoms with E-state index in [1.807, 2.05) is 0 Å². The minimum atomic E-state index is -0.964. The molecule has 10 heteroatoms. The number of thiol groups is 1. The zero-order valence-electron chi connectivity index (χ0n) is 16.5. The van der Waals surface area contributed by atoms with Gasteiger partial charge < -0.3 is 14.6 Å². The lowest BCUT2D eigenvalue weighted by Gasteiger charge is -2.25. The Labute approximate surface area is 202 Å². The predicted molar refractivity (Wildman–Crippen MR) is 125 cm³/mol. The Morgan fingerprint density at radius 2 is 1.84 bits per heavy atom. The number of amides is 2. The van der Waals surface area contributed by atoms with Crippen molar-refractivity contribution < 1.29 is 29.0 Å². The summed E-state index contributed by atoms with van der Waals surface area (Å²) in [6.07, 6.45) is -1.55. The maximum atomic E-state index is 12.5. The molecule has 2 aromatic carbocycles. The SMILES string of the molecule is C[C@@H](CCOC(=O)CS)[C@@H](OC(=O)NC(=O)c1ccccc1)c1cc(Br)cc(Br)c1O. The highest BCUT2D eigenvalue weighted by Gasteiger charge is 2.28. The van der Waals surface area contributed by atoms with E-state index in [-0.39, 0.29) is 24.0 Å². The number of carbonyl (C=O) groups is 3. The number of aromatic hydroxyl groups is 1. The van der Waals surface area contributed by atoms with Crippen molar-refractivity contribution in [3.05, 3.63) is 62.5 Å². The van der Waals surface area contributed by atoms with Gasteiger partial charge in [0.15, 0.2) is 0 Å². The number of carbonyl (C=O) groups excluding carboxylic acids is 3. The molecule has 0 saturated carbocycles. The van der Waals surface area contributed by atoms with Crippen LogP contribution in [0.5, 0.6) is 5.75 Å². The molecule has 7 nitrogen and oxygen atoms in total. The molecule has 0 bridgehead atoms. The fourth-order valence-electron chi connectivity index (χ4n) is 2.74. The Kier molecular flexibility index (Phi) is 9.86. The summed E-state index contributed by atoms with van der Waals surface area (Å²) in [6, 6.07) is 11.5. The van der Waals surface area contributed by atoms with Crippen molar-refractivity contribution in [1.29, 1.82) is 0 Å². The first-order valence-electron chi connectivity index (χ1n) is 9.24. The highest BCUT2D eigenvalue weighted by Crippen LogP contribution is 2.40. The van der Waals surface area contributed by atoms with Gasteiger partial charge in [0.25, 0.3) is 5.91 Å². The second kappa shape index (κ2) is 12.1. The quantitative estimate of drug-likeness (QED) is 0.302. The van der Waals surface area contributed by atoms with Crippen molar-refractivity contribution in [2.24, 2.45) is 5.92 Å². The van der Waals surface area contributed by atoms with Crippen molar-refractivity contribution >= 4 is 62.5 Å². The summed E-state index contributed by atoms with van der Waals surface area (Å²) in [4.78, 5) is 36.1. The number of alkyl carbamates (subject to hydrolysis) is 1. The predicted octanol–water partition coefficient (Wildman–Crippen LogP) is 5.02. The molecule has 2 aromatic rings. The van der Waals surface area contributed by atoms with Crippen LogP contribution in [-0.2, 0) is 14.3 Å². The second-order valence-corrected chi connectivity index (χ2v) is 8.70. The van der Waals surface area contributed by atoms with Crippen LogP contribution >= 0.6 is 44.5 Å². The van der Waals surface area contributed by atoms with E-state index in [2.05, 4.69) is 49.8 Å². The van der Waals surface area contributed by atoms with Crippen LogP contribution in [0, 0.1) is 5.92 Å². The van der Waals surface area contributed by atoms with Gasteiger partial charge in [-0.15, -0.1) is 0 Å².